The van der Waals surface area contributed by atoms with Crippen LogP contribution in [0.1, 0.15) is 23.9 Å². The smallest absolute Gasteiger partial charge is 0.196 e. The van der Waals surface area contributed by atoms with Gasteiger partial charge in [-0.25, -0.2) is 4.98 Å². The summed E-state index contributed by atoms with van der Waals surface area (Å²) in [5.41, 5.74) is 3.76. The molecule has 0 bridgehead atoms. The van der Waals surface area contributed by atoms with E-state index in [0.29, 0.717) is 4.77 Å². The summed E-state index contributed by atoms with van der Waals surface area (Å²) in [4.78, 5) is 9.78. The van der Waals surface area contributed by atoms with Gasteiger partial charge in [0, 0.05) is 56.3 Å². The molecule has 0 saturated carbocycles. The molecule has 2 aromatic rings. The Morgan fingerprint density at radius 3 is 3.21 bits per heavy atom. The number of hydrogen-bond donors (Lipinski definition) is 1. The van der Waals surface area contributed by atoms with Crippen LogP contribution in [0.3, 0.4) is 0 Å². The van der Waals surface area contributed by atoms with Gasteiger partial charge in [-0.3, -0.25) is 9.58 Å². The minimum Gasteiger partial charge on any atom is -0.334 e. The van der Waals surface area contributed by atoms with E-state index in [9.17, 15) is 0 Å². The van der Waals surface area contributed by atoms with Crippen molar-refractivity contribution in [2.24, 2.45) is 0 Å². The largest absolute Gasteiger partial charge is 0.334 e. The third-order valence-corrected chi connectivity index (χ3v) is 3.75. The Labute approximate surface area is 117 Å². The van der Waals surface area contributed by atoms with E-state index >= 15 is 0 Å². The SMILES string of the molecule is CCn1nccc1CN1CCc2[nH]c(=S)ncc2C1. The molecule has 0 fully saturated rings. The highest BCUT2D eigenvalue weighted by Gasteiger charge is 2.18. The number of fused-ring (bicyclic) bond motifs is 1. The first kappa shape index (κ1) is 12.5. The maximum atomic E-state index is 5.06. The molecule has 0 unspecified atom stereocenters. The van der Waals surface area contributed by atoms with Crippen molar-refractivity contribution in [1.82, 2.24) is 24.6 Å². The van der Waals surface area contributed by atoms with E-state index in [0.717, 1.165) is 32.6 Å². The Bertz CT molecular complexity index is 630. The van der Waals surface area contributed by atoms with E-state index in [2.05, 4.69) is 33.0 Å². The number of nitrogens with zero attached hydrogens (tertiary/aromatic N) is 4. The molecule has 0 amide bonds. The molecule has 1 N–H and O–H groups in total. The van der Waals surface area contributed by atoms with Crippen molar-refractivity contribution in [3.8, 4) is 0 Å². The van der Waals surface area contributed by atoms with Gasteiger partial charge in [-0.2, -0.15) is 5.10 Å². The number of hydrogen-bond acceptors (Lipinski definition) is 4. The summed E-state index contributed by atoms with van der Waals surface area (Å²) >= 11 is 5.06. The lowest BCUT2D eigenvalue weighted by atomic mass is 10.1. The van der Waals surface area contributed by atoms with Gasteiger partial charge in [0.1, 0.15) is 0 Å². The van der Waals surface area contributed by atoms with Crippen LogP contribution < -0.4 is 0 Å². The van der Waals surface area contributed by atoms with Gasteiger partial charge in [0.05, 0.1) is 5.69 Å². The maximum absolute atomic E-state index is 5.06. The molecule has 0 radical (unpaired) electrons. The summed E-state index contributed by atoms with van der Waals surface area (Å²) in [5.74, 6) is 0. The van der Waals surface area contributed by atoms with Crippen molar-refractivity contribution in [2.75, 3.05) is 6.54 Å². The van der Waals surface area contributed by atoms with Crippen molar-refractivity contribution in [3.05, 3.63) is 40.2 Å². The average Bonchev–Trinajstić information content (AvgIpc) is 2.86. The molecule has 19 heavy (non-hydrogen) atoms. The number of rotatable bonds is 3. The van der Waals surface area contributed by atoms with Crippen LogP contribution in [0.5, 0.6) is 0 Å². The van der Waals surface area contributed by atoms with E-state index in [1.54, 1.807) is 0 Å². The van der Waals surface area contributed by atoms with Crippen molar-refractivity contribution in [3.63, 3.8) is 0 Å². The minimum atomic E-state index is 0.580. The predicted octanol–water partition coefficient (Wildman–Crippen LogP) is 1.91. The lowest BCUT2D eigenvalue weighted by molar-refractivity contribution is 0.235. The summed E-state index contributed by atoms with van der Waals surface area (Å²) in [5, 5.41) is 4.31. The molecule has 0 aliphatic carbocycles. The fourth-order valence-corrected chi connectivity index (χ4v) is 2.72. The number of aromatic nitrogens is 4. The molecule has 0 saturated heterocycles. The van der Waals surface area contributed by atoms with E-state index in [4.69, 9.17) is 12.2 Å². The van der Waals surface area contributed by atoms with E-state index in [1.165, 1.54) is 17.0 Å². The molecule has 100 valence electrons. The molecule has 1 aliphatic heterocycles. The Morgan fingerprint density at radius 2 is 2.37 bits per heavy atom. The molecular formula is C13H17N5S. The number of nitrogens with one attached hydrogen (secondary N) is 1. The summed E-state index contributed by atoms with van der Waals surface area (Å²) in [6.07, 6.45) is 4.77. The molecule has 0 spiro atoms. The number of aromatic amines is 1. The highest BCUT2D eigenvalue weighted by Crippen LogP contribution is 2.17. The van der Waals surface area contributed by atoms with E-state index in [-0.39, 0.29) is 0 Å². The number of aryl methyl sites for hydroxylation is 1. The topological polar surface area (TPSA) is 49.7 Å². The zero-order valence-electron chi connectivity index (χ0n) is 11.0. The van der Waals surface area contributed by atoms with Crippen LogP contribution in [-0.2, 0) is 26.1 Å². The van der Waals surface area contributed by atoms with Crippen molar-refractivity contribution < 1.29 is 0 Å². The maximum Gasteiger partial charge on any atom is 0.196 e. The van der Waals surface area contributed by atoms with Gasteiger partial charge in [0.25, 0.3) is 0 Å². The summed E-state index contributed by atoms with van der Waals surface area (Å²) in [6, 6.07) is 2.09. The van der Waals surface area contributed by atoms with Crippen molar-refractivity contribution >= 4 is 12.2 Å². The minimum absolute atomic E-state index is 0.580. The van der Waals surface area contributed by atoms with Crippen molar-refractivity contribution in [1.29, 1.82) is 0 Å². The second-order valence-electron chi connectivity index (χ2n) is 4.79. The summed E-state index contributed by atoms with van der Waals surface area (Å²) < 4.78 is 2.63. The second-order valence-corrected chi connectivity index (χ2v) is 5.18. The monoisotopic (exact) mass is 275 g/mol. The lowest BCUT2D eigenvalue weighted by Crippen LogP contribution is -2.31. The molecule has 6 heteroatoms. The van der Waals surface area contributed by atoms with Gasteiger partial charge in [0.2, 0.25) is 0 Å². The third kappa shape index (κ3) is 2.59. The molecule has 3 rings (SSSR count). The zero-order chi connectivity index (χ0) is 13.2. The van der Waals surface area contributed by atoms with Gasteiger partial charge in [-0.05, 0) is 25.2 Å². The van der Waals surface area contributed by atoms with Crippen LogP contribution in [-0.4, -0.2) is 31.2 Å². The highest BCUT2D eigenvalue weighted by molar-refractivity contribution is 7.71. The van der Waals surface area contributed by atoms with Crippen LogP contribution in [0.25, 0.3) is 0 Å². The number of H-pyrrole nitrogens is 1. The van der Waals surface area contributed by atoms with Gasteiger partial charge in [0.15, 0.2) is 4.77 Å². The average molecular weight is 275 g/mol. The first-order chi connectivity index (χ1) is 9.26. The molecule has 2 aromatic heterocycles. The Morgan fingerprint density at radius 1 is 1.47 bits per heavy atom. The quantitative estimate of drug-likeness (QED) is 0.869. The molecule has 3 heterocycles. The van der Waals surface area contributed by atoms with Gasteiger partial charge in [-0.1, -0.05) is 0 Å². The molecule has 0 aromatic carbocycles. The standard InChI is InChI=1S/C13H17N5S/c1-2-18-11(3-5-15-18)9-17-6-4-12-10(8-17)7-14-13(19)16-12/h3,5,7H,2,4,6,8-9H2,1H3,(H,14,16,19). The molecule has 1 aliphatic rings. The van der Waals surface area contributed by atoms with Crippen LogP contribution in [0.2, 0.25) is 0 Å². The van der Waals surface area contributed by atoms with Crippen molar-refractivity contribution in [2.45, 2.75) is 33.0 Å². The molecular weight excluding hydrogens is 258 g/mol. The molecule has 5 nitrogen and oxygen atoms in total. The normalized spacial score (nSPS) is 15.4. The van der Waals surface area contributed by atoms with Crippen LogP contribution >= 0.6 is 12.2 Å². The Balaban J connectivity index is 1.75. The summed E-state index contributed by atoms with van der Waals surface area (Å²) in [7, 11) is 0. The van der Waals surface area contributed by atoms with Gasteiger partial charge in [-0.15, -0.1) is 0 Å². The van der Waals surface area contributed by atoms with Crippen LogP contribution in [0.15, 0.2) is 18.5 Å². The fraction of sp³-hybridized carbons (Fsp3) is 0.462. The van der Waals surface area contributed by atoms with E-state index in [1.807, 2.05) is 17.1 Å². The third-order valence-electron chi connectivity index (χ3n) is 3.54. The van der Waals surface area contributed by atoms with Crippen LogP contribution in [0, 0.1) is 4.77 Å². The zero-order valence-corrected chi connectivity index (χ0v) is 11.8. The first-order valence-corrected chi connectivity index (χ1v) is 6.97. The van der Waals surface area contributed by atoms with E-state index < -0.39 is 0 Å². The Kier molecular flexibility index (Phi) is 3.44. The summed E-state index contributed by atoms with van der Waals surface area (Å²) in [6.45, 7) is 5.93. The second kappa shape index (κ2) is 5.22. The van der Waals surface area contributed by atoms with Crippen LogP contribution in [0.4, 0.5) is 0 Å². The van der Waals surface area contributed by atoms with Gasteiger partial charge >= 0.3 is 0 Å². The first-order valence-electron chi connectivity index (χ1n) is 6.56. The van der Waals surface area contributed by atoms with Gasteiger partial charge < -0.3 is 4.98 Å². The lowest BCUT2D eigenvalue weighted by Gasteiger charge is -2.28. The highest BCUT2D eigenvalue weighted by atomic mass is 32.1. The fourth-order valence-electron chi connectivity index (χ4n) is 2.55. The predicted molar refractivity (Wildman–Crippen MR) is 75.1 cm³/mol. The molecule has 0 atom stereocenters. The Hall–Kier alpha value is -1.53.